The molecule has 1 fully saturated rings. The molecule has 0 spiro atoms. The first-order chi connectivity index (χ1) is 10.7. The Hall–Kier alpha value is -2.11. The van der Waals surface area contributed by atoms with E-state index in [9.17, 15) is 9.59 Å². The molecular weight excluding hydrogens is 282 g/mol. The van der Waals surface area contributed by atoms with E-state index in [0.717, 1.165) is 31.2 Å². The van der Waals surface area contributed by atoms with Gasteiger partial charge in [-0.15, -0.1) is 0 Å². The summed E-state index contributed by atoms with van der Waals surface area (Å²) in [5, 5.41) is 2.94. The summed E-state index contributed by atoms with van der Waals surface area (Å²) in [6.07, 6.45) is 7.52. The van der Waals surface area contributed by atoms with Crippen molar-refractivity contribution < 1.29 is 14.3 Å². The maximum Gasteiger partial charge on any atom is 0.317 e. The van der Waals surface area contributed by atoms with Gasteiger partial charge in [-0.05, 0) is 43.4 Å². The highest BCUT2D eigenvalue weighted by Crippen LogP contribution is 2.28. The van der Waals surface area contributed by atoms with Gasteiger partial charge in [-0.1, -0.05) is 0 Å². The molecule has 6 heteroatoms. The monoisotopic (exact) mass is 305 g/mol. The van der Waals surface area contributed by atoms with E-state index < -0.39 is 0 Å². The molecule has 1 aliphatic carbocycles. The van der Waals surface area contributed by atoms with Crippen molar-refractivity contribution in [2.75, 3.05) is 13.7 Å². The van der Waals surface area contributed by atoms with E-state index in [0.29, 0.717) is 25.6 Å². The van der Waals surface area contributed by atoms with Gasteiger partial charge in [-0.2, -0.15) is 0 Å². The van der Waals surface area contributed by atoms with Gasteiger partial charge in [-0.25, -0.2) is 4.79 Å². The predicted octanol–water partition coefficient (Wildman–Crippen LogP) is 2.10. The van der Waals surface area contributed by atoms with Gasteiger partial charge < -0.3 is 15.0 Å². The normalized spacial score (nSPS) is 13.5. The quantitative estimate of drug-likeness (QED) is 0.590. The average molecular weight is 305 g/mol. The summed E-state index contributed by atoms with van der Waals surface area (Å²) in [4.78, 5) is 29.2. The number of urea groups is 1. The molecule has 1 aromatic rings. The molecule has 0 bridgehead atoms. The molecule has 0 radical (unpaired) electrons. The van der Waals surface area contributed by atoms with Gasteiger partial charge in [0.1, 0.15) is 0 Å². The number of pyridine rings is 1. The minimum atomic E-state index is -0.205. The maximum atomic E-state index is 12.3. The first-order valence-corrected chi connectivity index (χ1v) is 7.71. The molecule has 120 valence electrons. The number of unbranched alkanes of at least 4 members (excludes halogenated alkanes) is 1. The van der Waals surface area contributed by atoms with E-state index in [1.165, 1.54) is 7.11 Å². The van der Waals surface area contributed by atoms with Crippen molar-refractivity contribution in [2.24, 2.45) is 0 Å². The van der Waals surface area contributed by atoms with Crippen LogP contribution in [-0.2, 0) is 16.1 Å². The zero-order valence-electron chi connectivity index (χ0n) is 13.0. The van der Waals surface area contributed by atoms with Crippen LogP contribution in [0.4, 0.5) is 4.79 Å². The highest BCUT2D eigenvalue weighted by atomic mass is 16.5. The molecule has 0 saturated heterocycles. The lowest BCUT2D eigenvalue weighted by Crippen LogP contribution is -2.41. The molecule has 1 heterocycles. The van der Waals surface area contributed by atoms with E-state index in [1.807, 2.05) is 17.0 Å². The second-order valence-electron chi connectivity index (χ2n) is 5.48. The molecule has 0 atom stereocenters. The van der Waals surface area contributed by atoms with Crippen molar-refractivity contribution in [3.05, 3.63) is 30.1 Å². The number of nitrogens with one attached hydrogen (secondary N) is 1. The third kappa shape index (κ3) is 5.35. The van der Waals surface area contributed by atoms with Crippen LogP contribution in [-0.4, -0.2) is 41.6 Å². The minimum absolute atomic E-state index is 0.0302. The van der Waals surface area contributed by atoms with Gasteiger partial charge in [0.15, 0.2) is 0 Å². The smallest absolute Gasteiger partial charge is 0.317 e. The predicted molar refractivity (Wildman–Crippen MR) is 82.1 cm³/mol. The lowest BCUT2D eigenvalue weighted by Gasteiger charge is -2.23. The Morgan fingerprint density at radius 1 is 1.32 bits per heavy atom. The van der Waals surface area contributed by atoms with Crippen LogP contribution in [0.25, 0.3) is 0 Å². The number of ether oxygens (including phenoxy) is 1. The largest absolute Gasteiger partial charge is 0.469 e. The van der Waals surface area contributed by atoms with Crippen LogP contribution in [0.3, 0.4) is 0 Å². The number of hydrogen-bond donors (Lipinski definition) is 1. The summed E-state index contributed by atoms with van der Waals surface area (Å²) in [6.45, 7) is 1.19. The Kier molecular flexibility index (Phi) is 6.18. The zero-order chi connectivity index (χ0) is 15.8. The number of esters is 1. The van der Waals surface area contributed by atoms with Gasteiger partial charge in [0.25, 0.3) is 0 Å². The van der Waals surface area contributed by atoms with Crippen LogP contribution in [0, 0.1) is 0 Å². The third-order valence-corrected chi connectivity index (χ3v) is 3.66. The minimum Gasteiger partial charge on any atom is -0.469 e. The van der Waals surface area contributed by atoms with E-state index in [4.69, 9.17) is 0 Å². The van der Waals surface area contributed by atoms with Crippen LogP contribution in [0.1, 0.15) is 37.7 Å². The molecule has 1 N–H and O–H groups in total. The molecule has 1 aromatic heterocycles. The first kappa shape index (κ1) is 16.3. The fourth-order valence-corrected chi connectivity index (χ4v) is 2.23. The molecule has 6 nitrogen and oxygen atoms in total. The second kappa shape index (κ2) is 8.36. The number of rotatable bonds is 8. The molecule has 1 aliphatic rings. The summed E-state index contributed by atoms with van der Waals surface area (Å²) in [5.74, 6) is -0.205. The van der Waals surface area contributed by atoms with E-state index >= 15 is 0 Å². The summed E-state index contributed by atoms with van der Waals surface area (Å²) >= 11 is 0. The van der Waals surface area contributed by atoms with Crippen molar-refractivity contribution in [1.82, 2.24) is 15.2 Å². The Morgan fingerprint density at radius 2 is 2.05 bits per heavy atom. The molecule has 0 unspecified atom stereocenters. The number of amides is 2. The Balaban J connectivity index is 1.72. The zero-order valence-corrected chi connectivity index (χ0v) is 13.0. The van der Waals surface area contributed by atoms with Gasteiger partial charge in [-0.3, -0.25) is 9.78 Å². The summed E-state index contributed by atoms with van der Waals surface area (Å²) in [7, 11) is 1.39. The van der Waals surface area contributed by atoms with Crippen LogP contribution >= 0.6 is 0 Å². The SMILES string of the molecule is COC(=O)CCCCNC(=O)N(Cc1ccncc1)C1CC1. The van der Waals surface area contributed by atoms with Gasteiger partial charge in [0.2, 0.25) is 0 Å². The molecule has 1 saturated carbocycles. The number of carbonyl (C=O) groups is 2. The number of carbonyl (C=O) groups excluding carboxylic acids is 2. The lowest BCUT2D eigenvalue weighted by atomic mass is 10.2. The second-order valence-corrected chi connectivity index (χ2v) is 5.48. The van der Waals surface area contributed by atoms with Crippen molar-refractivity contribution in [1.29, 1.82) is 0 Å². The summed E-state index contributed by atoms with van der Waals surface area (Å²) in [5.41, 5.74) is 1.09. The number of aromatic nitrogens is 1. The van der Waals surface area contributed by atoms with Crippen LogP contribution in [0.2, 0.25) is 0 Å². The number of nitrogens with zero attached hydrogens (tertiary/aromatic N) is 2. The fourth-order valence-electron chi connectivity index (χ4n) is 2.23. The molecule has 2 rings (SSSR count). The standard InChI is InChI=1S/C16H23N3O3/c1-22-15(20)4-2-3-9-18-16(21)19(14-5-6-14)12-13-7-10-17-11-8-13/h7-8,10-11,14H,2-6,9,12H2,1H3,(H,18,21). The van der Waals surface area contributed by atoms with Crippen molar-refractivity contribution >= 4 is 12.0 Å². The molecular formula is C16H23N3O3. The van der Waals surface area contributed by atoms with Gasteiger partial charge >= 0.3 is 12.0 Å². The number of methoxy groups -OCH3 is 1. The molecule has 0 aliphatic heterocycles. The Morgan fingerprint density at radius 3 is 2.68 bits per heavy atom. The average Bonchev–Trinajstić information content (AvgIpc) is 3.37. The van der Waals surface area contributed by atoms with Crippen LogP contribution < -0.4 is 5.32 Å². The van der Waals surface area contributed by atoms with E-state index in [1.54, 1.807) is 12.4 Å². The summed E-state index contributed by atoms with van der Waals surface area (Å²) < 4.78 is 4.58. The topological polar surface area (TPSA) is 71.5 Å². The van der Waals surface area contributed by atoms with Crippen LogP contribution in [0.15, 0.2) is 24.5 Å². The molecule has 0 aromatic carbocycles. The van der Waals surface area contributed by atoms with Gasteiger partial charge in [0, 0.05) is 37.9 Å². The highest BCUT2D eigenvalue weighted by Gasteiger charge is 2.32. The molecule has 22 heavy (non-hydrogen) atoms. The van der Waals surface area contributed by atoms with Crippen LogP contribution in [0.5, 0.6) is 0 Å². The maximum absolute atomic E-state index is 12.3. The van der Waals surface area contributed by atoms with Crippen molar-refractivity contribution in [3.8, 4) is 0 Å². The van der Waals surface area contributed by atoms with E-state index in [-0.39, 0.29) is 12.0 Å². The number of hydrogen-bond acceptors (Lipinski definition) is 4. The Bertz CT molecular complexity index is 489. The summed E-state index contributed by atoms with van der Waals surface area (Å²) in [6, 6.07) is 4.18. The fraction of sp³-hybridized carbons (Fsp3) is 0.562. The van der Waals surface area contributed by atoms with Crippen molar-refractivity contribution in [3.63, 3.8) is 0 Å². The Labute approximate surface area is 130 Å². The van der Waals surface area contributed by atoms with E-state index in [2.05, 4.69) is 15.0 Å². The lowest BCUT2D eigenvalue weighted by molar-refractivity contribution is -0.140. The highest BCUT2D eigenvalue weighted by molar-refractivity contribution is 5.75. The molecule has 2 amide bonds. The third-order valence-electron chi connectivity index (χ3n) is 3.66. The van der Waals surface area contributed by atoms with Crippen molar-refractivity contribution in [2.45, 2.75) is 44.7 Å². The van der Waals surface area contributed by atoms with Gasteiger partial charge in [0.05, 0.1) is 7.11 Å². The first-order valence-electron chi connectivity index (χ1n) is 7.71.